The van der Waals surface area contributed by atoms with E-state index >= 15 is 0 Å². The summed E-state index contributed by atoms with van der Waals surface area (Å²) in [4.78, 5) is 0. The van der Waals surface area contributed by atoms with Crippen LogP contribution in [0.1, 0.15) is 0 Å². The minimum atomic E-state index is -0.810. The predicted molar refractivity (Wildman–Crippen MR) is 40.1 cm³/mol. The van der Waals surface area contributed by atoms with Crippen molar-refractivity contribution in [2.75, 3.05) is 5.73 Å². The molecular weight excluding hydrogens is 115 g/mol. The predicted octanol–water partition coefficient (Wildman–Crippen LogP) is -0.0192. The number of nitrogen functional groups attached to an aromatic ring is 1. The van der Waals surface area contributed by atoms with E-state index in [2.05, 4.69) is 0 Å². The fourth-order valence-corrected chi connectivity index (χ4v) is 1.25. The first-order valence-corrected chi connectivity index (χ1v) is 3.60. The molecular formula is C4H4B2NP. The highest BCUT2D eigenvalue weighted by Gasteiger charge is 1.93. The average Bonchev–Trinajstić information content (AvgIpc) is 1.98. The van der Waals surface area contributed by atoms with E-state index in [1.54, 1.807) is 12.1 Å². The van der Waals surface area contributed by atoms with E-state index in [1.165, 1.54) is 0 Å². The summed E-state index contributed by atoms with van der Waals surface area (Å²) < 4.78 is 0. The van der Waals surface area contributed by atoms with E-state index in [9.17, 15) is 0 Å². The lowest BCUT2D eigenvalue weighted by Crippen LogP contribution is -1.93. The molecule has 4 radical (unpaired) electrons. The molecule has 0 bridgehead atoms. The SMILES string of the molecule is [B]c1ccc(N)p1[B]. The third kappa shape index (κ3) is 0.784. The third-order valence-corrected chi connectivity index (χ3v) is 2.39. The lowest BCUT2D eigenvalue weighted by atomic mass is 10.1. The van der Waals surface area contributed by atoms with Gasteiger partial charge in [0, 0.05) is 5.42 Å². The standard InChI is InChI=1S/C4H4B2NP/c5-3-1-2-4(7)8(3)6/h1-2H,7H2. The summed E-state index contributed by atoms with van der Waals surface area (Å²) in [7, 11) is 10.1. The van der Waals surface area contributed by atoms with Gasteiger partial charge in [-0.25, -0.2) is 0 Å². The van der Waals surface area contributed by atoms with Gasteiger partial charge in [-0.05, 0) is 6.07 Å². The minimum absolute atomic E-state index is 0.706. The van der Waals surface area contributed by atoms with Crippen molar-refractivity contribution in [2.24, 2.45) is 0 Å². The van der Waals surface area contributed by atoms with E-state index in [0.717, 1.165) is 0 Å². The molecule has 0 spiro atoms. The van der Waals surface area contributed by atoms with Gasteiger partial charge in [-0.2, -0.15) is 7.41 Å². The first kappa shape index (κ1) is 5.84. The molecule has 0 saturated heterocycles. The van der Waals surface area contributed by atoms with Gasteiger partial charge >= 0.3 is 0 Å². The highest BCUT2D eigenvalue weighted by molar-refractivity contribution is 7.82. The van der Waals surface area contributed by atoms with Crippen LogP contribution in [0.25, 0.3) is 0 Å². The van der Waals surface area contributed by atoms with Crippen molar-refractivity contribution in [1.29, 1.82) is 0 Å². The quantitative estimate of drug-likeness (QED) is 0.477. The van der Waals surface area contributed by atoms with Crippen molar-refractivity contribution in [3.05, 3.63) is 12.1 Å². The maximum atomic E-state index is 5.50. The molecule has 0 amide bonds. The Bertz CT molecular complexity index is 176. The van der Waals surface area contributed by atoms with Crippen LogP contribution in [0.5, 0.6) is 0 Å². The summed E-state index contributed by atoms with van der Waals surface area (Å²) in [5.41, 5.74) is 6.11. The van der Waals surface area contributed by atoms with Crippen LogP contribution in [0.3, 0.4) is 0 Å². The molecule has 1 aromatic rings. The summed E-state index contributed by atoms with van der Waals surface area (Å²) >= 11 is 0. The largest absolute Gasteiger partial charge is 0.396 e. The van der Waals surface area contributed by atoms with Crippen LogP contribution in [0.4, 0.5) is 5.42 Å². The first-order valence-electron chi connectivity index (χ1n) is 2.19. The van der Waals surface area contributed by atoms with Gasteiger partial charge in [0.2, 0.25) is 0 Å². The van der Waals surface area contributed by atoms with Crippen LogP contribution in [0.2, 0.25) is 0 Å². The summed E-state index contributed by atoms with van der Waals surface area (Å²) in [5, 5.41) is 0.706. The van der Waals surface area contributed by atoms with Crippen LogP contribution in [-0.2, 0) is 0 Å². The van der Waals surface area contributed by atoms with Crippen LogP contribution in [0.15, 0.2) is 12.1 Å². The van der Waals surface area contributed by atoms with Crippen molar-refractivity contribution in [3.8, 4) is 0 Å². The van der Waals surface area contributed by atoms with Crippen LogP contribution >= 0.6 is 7.41 Å². The second kappa shape index (κ2) is 1.91. The Morgan fingerprint density at radius 2 is 2.12 bits per heavy atom. The topological polar surface area (TPSA) is 26.0 Å². The van der Waals surface area contributed by atoms with Crippen molar-refractivity contribution in [2.45, 2.75) is 0 Å². The van der Waals surface area contributed by atoms with Gasteiger partial charge in [0.25, 0.3) is 0 Å². The molecule has 36 valence electrons. The fraction of sp³-hybridized carbons (Fsp3) is 0. The number of rotatable bonds is 0. The van der Waals surface area contributed by atoms with E-state index < -0.39 is 7.41 Å². The number of nitrogens with two attached hydrogens (primary N) is 1. The molecule has 0 saturated carbocycles. The lowest BCUT2D eigenvalue weighted by Gasteiger charge is -1.91. The van der Waals surface area contributed by atoms with Crippen molar-refractivity contribution in [1.82, 2.24) is 0 Å². The summed E-state index contributed by atoms with van der Waals surface area (Å²) in [6.07, 6.45) is 0. The monoisotopic (exact) mass is 119 g/mol. The van der Waals surface area contributed by atoms with E-state index in [4.69, 9.17) is 21.1 Å². The summed E-state index contributed by atoms with van der Waals surface area (Å²) in [6.45, 7) is 0. The Morgan fingerprint density at radius 1 is 1.50 bits per heavy atom. The molecule has 8 heavy (non-hydrogen) atoms. The van der Waals surface area contributed by atoms with Crippen molar-refractivity contribution in [3.63, 3.8) is 0 Å². The molecule has 2 N–H and O–H groups in total. The second-order valence-corrected chi connectivity index (χ2v) is 3.33. The molecule has 0 aromatic carbocycles. The molecule has 1 unspecified atom stereocenters. The van der Waals surface area contributed by atoms with Gasteiger partial charge in [0.15, 0.2) is 0 Å². The zero-order chi connectivity index (χ0) is 6.15. The zero-order valence-corrected chi connectivity index (χ0v) is 5.23. The van der Waals surface area contributed by atoms with Gasteiger partial charge in [0.05, 0.1) is 0 Å². The highest BCUT2D eigenvalue weighted by Crippen LogP contribution is 2.26. The van der Waals surface area contributed by atoms with E-state index in [0.29, 0.717) is 10.6 Å². The van der Waals surface area contributed by atoms with Gasteiger partial charge in [-0.1, -0.05) is 11.3 Å². The highest BCUT2D eigenvalue weighted by atomic mass is 31.1. The summed E-state index contributed by atoms with van der Waals surface area (Å²) in [5.74, 6) is 0. The van der Waals surface area contributed by atoms with Crippen molar-refractivity contribution < 1.29 is 0 Å². The van der Waals surface area contributed by atoms with Gasteiger partial charge in [-0.3, -0.25) is 0 Å². The molecule has 1 nitrogen and oxygen atoms in total. The minimum Gasteiger partial charge on any atom is -0.396 e. The Labute approximate surface area is 52.1 Å². The molecule has 0 aliphatic heterocycles. The van der Waals surface area contributed by atoms with Gasteiger partial charge in [-0.15, -0.1) is 0 Å². The summed E-state index contributed by atoms with van der Waals surface area (Å²) in [6, 6.07) is 3.50. The molecule has 1 aromatic heterocycles. The molecule has 0 aliphatic rings. The molecule has 0 fully saturated rings. The lowest BCUT2D eigenvalue weighted by molar-refractivity contribution is 1.96. The smallest absolute Gasteiger partial charge is 0.148 e. The Hall–Kier alpha value is -0.290. The molecule has 1 rings (SSSR count). The zero-order valence-electron chi connectivity index (χ0n) is 4.33. The Morgan fingerprint density at radius 3 is 2.25 bits per heavy atom. The van der Waals surface area contributed by atoms with Gasteiger partial charge in [0.1, 0.15) is 15.4 Å². The van der Waals surface area contributed by atoms with E-state index in [1.807, 2.05) is 0 Å². The molecule has 1 heterocycles. The molecule has 0 aliphatic carbocycles. The Balaban J connectivity index is 3.19. The van der Waals surface area contributed by atoms with Crippen molar-refractivity contribution >= 4 is 33.4 Å². The Kier molecular flexibility index (Phi) is 1.39. The maximum Gasteiger partial charge on any atom is 0.148 e. The number of hydrogen-bond donors (Lipinski definition) is 1. The third-order valence-electron chi connectivity index (χ3n) is 0.981. The first-order chi connectivity index (χ1) is 3.72. The fourth-order valence-electron chi connectivity index (χ4n) is 0.480. The maximum absolute atomic E-state index is 5.50. The van der Waals surface area contributed by atoms with Gasteiger partial charge < -0.3 is 5.73 Å². The van der Waals surface area contributed by atoms with Crippen LogP contribution in [0, 0.1) is 0 Å². The van der Waals surface area contributed by atoms with Crippen LogP contribution in [-0.4, -0.2) is 15.4 Å². The molecule has 1 atom stereocenters. The normalized spacial score (nSPS) is 11.8. The number of hydrogen-bond acceptors (Lipinski definition) is 1. The number of anilines is 1. The van der Waals surface area contributed by atoms with E-state index in [-0.39, 0.29) is 0 Å². The second-order valence-electron chi connectivity index (χ2n) is 1.55. The van der Waals surface area contributed by atoms with Crippen LogP contribution < -0.4 is 10.9 Å². The average molecular weight is 119 g/mol. The molecule has 4 heteroatoms.